The van der Waals surface area contributed by atoms with E-state index >= 15 is 0 Å². The third-order valence-corrected chi connectivity index (χ3v) is 5.39. The van der Waals surface area contributed by atoms with Gasteiger partial charge in [0.15, 0.2) is 5.78 Å². The average molecular weight is 366 g/mol. The van der Waals surface area contributed by atoms with Crippen molar-refractivity contribution < 1.29 is 9.53 Å². The number of nitrogens with zero attached hydrogens (tertiary/aromatic N) is 2. The van der Waals surface area contributed by atoms with Gasteiger partial charge in [0.1, 0.15) is 16.8 Å². The van der Waals surface area contributed by atoms with Gasteiger partial charge in [0, 0.05) is 5.56 Å². The maximum atomic E-state index is 12.4. The van der Waals surface area contributed by atoms with Crippen molar-refractivity contribution in [3.8, 4) is 22.4 Å². The van der Waals surface area contributed by atoms with Crippen molar-refractivity contribution in [2.75, 3.05) is 12.9 Å². The first-order valence-corrected chi connectivity index (χ1v) is 9.33. The van der Waals surface area contributed by atoms with Gasteiger partial charge in [-0.1, -0.05) is 17.8 Å². The molecule has 3 rings (SSSR count). The molecule has 4 nitrogen and oxygen atoms in total. The van der Waals surface area contributed by atoms with Crippen LogP contribution >= 0.6 is 23.1 Å². The van der Waals surface area contributed by atoms with Gasteiger partial charge in [-0.3, -0.25) is 4.79 Å². The number of hydrogen-bond donors (Lipinski definition) is 0. The molecule has 0 saturated carbocycles. The van der Waals surface area contributed by atoms with Crippen molar-refractivity contribution in [2.24, 2.45) is 0 Å². The molecule has 25 heavy (non-hydrogen) atoms. The molecule has 0 saturated heterocycles. The normalized spacial score (nSPS) is 10.2. The van der Waals surface area contributed by atoms with Gasteiger partial charge in [0.25, 0.3) is 0 Å². The smallest absolute Gasteiger partial charge is 0.173 e. The Morgan fingerprint density at radius 2 is 2.04 bits per heavy atom. The molecule has 3 aromatic rings. The topological polar surface area (TPSA) is 63.0 Å². The zero-order chi connectivity index (χ0) is 17.6. The van der Waals surface area contributed by atoms with Crippen LogP contribution in [0.2, 0.25) is 0 Å². The third kappa shape index (κ3) is 4.08. The number of hydrogen-bond acceptors (Lipinski definition) is 6. The molecule has 2 heterocycles. The van der Waals surface area contributed by atoms with E-state index in [1.165, 1.54) is 11.8 Å². The van der Waals surface area contributed by atoms with Crippen LogP contribution in [0.5, 0.6) is 5.75 Å². The second-order valence-corrected chi connectivity index (χ2v) is 6.99. The second-order valence-electron chi connectivity index (χ2n) is 5.08. The molecule has 0 N–H and O–H groups in total. The Kier molecular flexibility index (Phi) is 5.49. The first kappa shape index (κ1) is 17.2. The number of rotatable bonds is 6. The van der Waals surface area contributed by atoms with Gasteiger partial charge in [-0.05, 0) is 47.8 Å². The van der Waals surface area contributed by atoms with Crippen LogP contribution in [-0.4, -0.2) is 23.6 Å². The summed E-state index contributed by atoms with van der Waals surface area (Å²) in [5.74, 6) is 0.920. The number of thioether (sulfide) groups is 1. The van der Waals surface area contributed by atoms with Crippen molar-refractivity contribution in [1.82, 2.24) is 4.98 Å². The molecular weight excluding hydrogens is 352 g/mol. The maximum absolute atomic E-state index is 12.4. The Labute approximate surface area is 154 Å². The number of benzene rings is 1. The molecular formula is C19H14N2O2S2. The Hall–Kier alpha value is -2.62. The van der Waals surface area contributed by atoms with Crippen LogP contribution < -0.4 is 4.74 Å². The molecule has 0 aliphatic carbocycles. The van der Waals surface area contributed by atoms with Crippen molar-refractivity contribution in [2.45, 2.75) is 5.03 Å². The van der Waals surface area contributed by atoms with Crippen molar-refractivity contribution in [3.05, 3.63) is 65.0 Å². The molecule has 6 heteroatoms. The minimum absolute atomic E-state index is 0.0140. The van der Waals surface area contributed by atoms with Gasteiger partial charge in [-0.2, -0.15) is 5.26 Å². The largest absolute Gasteiger partial charge is 0.497 e. The fourth-order valence-electron chi connectivity index (χ4n) is 2.19. The Morgan fingerprint density at radius 3 is 2.68 bits per heavy atom. The van der Waals surface area contributed by atoms with E-state index in [0.717, 1.165) is 10.6 Å². The fraction of sp³-hybridized carbons (Fsp3) is 0.105. The molecule has 124 valence electrons. The van der Waals surface area contributed by atoms with Gasteiger partial charge < -0.3 is 4.74 Å². The summed E-state index contributed by atoms with van der Waals surface area (Å²) in [6, 6.07) is 16.7. The maximum Gasteiger partial charge on any atom is 0.173 e. The minimum Gasteiger partial charge on any atom is -0.497 e. The number of methoxy groups -OCH3 is 1. The Balaban J connectivity index is 1.76. The molecule has 0 fully saturated rings. The zero-order valence-corrected chi connectivity index (χ0v) is 15.1. The lowest BCUT2D eigenvalue weighted by Gasteiger charge is -2.06. The summed E-state index contributed by atoms with van der Waals surface area (Å²) < 4.78 is 5.10. The number of pyridine rings is 1. The van der Waals surface area contributed by atoms with E-state index in [-0.39, 0.29) is 11.5 Å². The lowest BCUT2D eigenvalue weighted by Crippen LogP contribution is -2.03. The van der Waals surface area contributed by atoms with E-state index in [1.807, 2.05) is 23.6 Å². The highest BCUT2D eigenvalue weighted by Gasteiger charge is 2.12. The van der Waals surface area contributed by atoms with Crippen LogP contribution in [0.1, 0.15) is 15.9 Å². The standard InChI is InChI=1S/C19H14N2O2S2/c1-23-15-7-4-13(5-8-15)17(22)12-25-19-14(11-20)6-9-16(21-19)18-3-2-10-24-18/h2-10H,12H2,1H3. The van der Waals surface area contributed by atoms with Crippen LogP contribution in [0.15, 0.2) is 58.9 Å². The molecule has 0 atom stereocenters. The second kappa shape index (κ2) is 7.97. The quantitative estimate of drug-likeness (QED) is 0.469. The van der Waals surface area contributed by atoms with Crippen LogP contribution in [0.4, 0.5) is 0 Å². The molecule has 0 radical (unpaired) electrons. The van der Waals surface area contributed by atoms with Crippen molar-refractivity contribution in [3.63, 3.8) is 0 Å². The first-order valence-electron chi connectivity index (χ1n) is 7.46. The summed E-state index contributed by atoms with van der Waals surface area (Å²) >= 11 is 2.88. The highest BCUT2D eigenvalue weighted by atomic mass is 32.2. The van der Waals surface area contributed by atoms with Crippen LogP contribution in [0, 0.1) is 11.3 Å². The lowest BCUT2D eigenvalue weighted by molar-refractivity contribution is 0.102. The summed E-state index contributed by atoms with van der Waals surface area (Å²) in [5.41, 5.74) is 1.91. The van der Waals surface area contributed by atoms with Gasteiger partial charge in [0.05, 0.1) is 29.0 Å². The predicted octanol–water partition coefficient (Wildman–Crippen LogP) is 4.67. The highest BCUT2D eigenvalue weighted by molar-refractivity contribution is 8.00. The minimum atomic E-state index is -0.0140. The summed E-state index contributed by atoms with van der Waals surface area (Å²) in [7, 11) is 1.59. The van der Waals surface area contributed by atoms with Crippen molar-refractivity contribution in [1.29, 1.82) is 5.26 Å². The van der Waals surface area contributed by atoms with E-state index in [1.54, 1.807) is 48.8 Å². The van der Waals surface area contributed by atoms with Crippen molar-refractivity contribution >= 4 is 28.9 Å². The molecule has 0 unspecified atom stereocenters. The predicted molar refractivity (Wildman–Crippen MR) is 100 cm³/mol. The summed E-state index contributed by atoms with van der Waals surface area (Å²) in [4.78, 5) is 18.0. The summed E-state index contributed by atoms with van der Waals surface area (Å²) in [6.07, 6.45) is 0. The SMILES string of the molecule is COc1ccc(C(=O)CSc2nc(-c3cccs3)ccc2C#N)cc1. The number of aromatic nitrogens is 1. The molecule has 0 spiro atoms. The fourth-order valence-corrected chi connectivity index (χ4v) is 3.75. The average Bonchev–Trinajstić information content (AvgIpc) is 3.20. The lowest BCUT2D eigenvalue weighted by atomic mass is 10.1. The number of carbonyl (C=O) groups excluding carboxylic acids is 1. The van der Waals surface area contributed by atoms with E-state index in [2.05, 4.69) is 11.1 Å². The molecule has 2 aromatic heterocycles. The molecule has 0 amide bonds. The number of ether oxygens (including phenoxy) is 1. The van der Waals surface area contributed by atoms with E-state index in [9.17, 15) is 10.1 Å². The van der Waals surface area contributed by atoms with E-state index < -0.39 is 0 Å². The van der Waals surface area contributed by atoms with E-state index in [4.69, 9.17) is 4.74 Å². The van der Waals surface area contributed by atoms with Crippen LogP contribution in [-0.2, 0) is 0 Å². The zero-order valence-electron chi connectivity index (χ0n) is 13.4. The number of Topliss-reactive ketones (excluding diaryl/α,β-unsaturated/α-hetero) is 1. The molecule has 1 aromatic carbocycles. The van der Waals surface area contributed by atoms with E-state index in [0.29, 0.717) is 21.9 Å². The summed E-state index contributed by atoms with van der Waals surface area (Å²) in [5, 5.41) is 11.8. The van der Waals surface area contributed by atoms with Gasteiger partial charge >= 0.3 is 0 Å². The molecule has 0 aliphatic heterocycles. The van der Waals surface area contributed by atoms with Crippen LogP contribution in [0.3, 0.4) is 0 Å². The monoisotopic (exact) mass is 366 g/mol. The number of carbonyl (C=O) groups is 1. The number of thiophene rings is 1. The molecule has 0 bridgehead atoms. The summed E-state index contributed by atoms with van der Waals surface area (Å²) in [6.45, 7) is 0. The highest BCUT2D eigenvalue weighted by Crippen LogP contribution is 2.28. The number of nitriles is 1. The first-order chi connectivity index (χ1) is 12.2. The number of ketones is 1. The van der Waals surface area contributed by atoms with Gasteiger partial charge in [-0.15, -0.1) is 11.3 Å². The van der Waals surface area contributed by atoms with Gasteiger partial charge in [-0.25, -0.2) is 4.98 Å². The van der Waals surface area contributed by atoms with Crippen LogP contribution in [0.25, 0.3) is 10.6 Å². The van der Waals surface area contributed by atoms with Gasteiger partial charge in [0.2, 0.25) is 0 Å². The Bertz CT molecular complexity index is 914. The third-order valence-electron chi connectivity index (χ3n) is 3.51. The molecule has 0 aliphatic rings. The Morgan fingerprint density at radius 1 is 1.24 bits per heavy atom.